The fourth-order valence-corrected chi connectivity index (χ4v) is 3.09. The van der Waals surface area contributed by atoms with Crippen molar-refractivity contribution in [3.63, 3.8) is 0 Å². The van der Waals surface area contributed by atoms with E-state index in [-0.39, 0.29) is 12.1 Å². The molecular formula is C16H22N2O. The molecular weight excluding hydrogens is 236 g/mol. The monoisotopic (exact) mass is 258 g/mol. The van der Waals surface area contributed by atoms with Crippen LogP contribution in [0.2, 0.25) is 0 Å². The molecule has 1 aliphatic heterocycles. The maximum atomic E-state index is 12.4. The van der Waals surface area contributed by atoms with E-state index < -0.39 is 0 Å². The van der Waals surface area contributed by atoms with Crippen molar-refractivity contribution >= 4 is 5.91 Å². The fourth-order valence-electron chi connectivity index (χ4n) is 3.09. The van der Waals surface area contributed by atoms with Gasteiger partial charge in [0.2, 0.25) is 5.91 Å². The summed E-state index contributed by atoms with van der Waals surface area (Å²) >= 11 is 0. The Balaban J connectivity index is 1.96. The van der Waals surface area contributed by atoms with Gasteiger partial charge >= 0.3 is 0 Å². The molecule has 2 unspecified atom stereocenters. The zero-order valence-electron chi connectivity index (χ0n) is 11.5. The van der Waals surface area contributed by atoms with Crippen molar-refractivity contribution in [3.8, 4) is 0 Å². The first-order valence-electron chi connectivity index (χ1n) is 7.30. The molecule has 2 aliphatic rings. The summed E-state index contributed by atoms with van der Waals surface area (Å²) in [4.78, 5) is 14.4. The van der Waals surface area contributed by atoms with Crippen molar-refractivity contribution < 1.29 is 4.79 Å². The highest BCUT2D eigenvalue weighted by atomic mass is 16.2. The Bertz CT molecular complexity index is 464. The van der Waals surface area contributed by atoms with Gasteiger partial charge in [-0.15, -0.1) is 0 Å². The Labute approximate surface area is 114 Å². The molecule has 19 heavy (non-hydrogen) atoms. The lowest BCUT2D eigenvalue weighted by Gasteiger charge is -2.34. The number of hydrogen-bond donors (Lipinski definition) is 1. The molecule has 3 rings (SSSR count). The van der Waals surface area contributed by atoms with Crippen molar-refractivity contribution in [2.45, 2.75) is 57.2 Å². The molecule has 0 spiro atoms. The van der Waals surface area contributed by atoms with Gasteiger partial charge in [-0.3, -0.25) is 4.79 Å². The molecule has 2 atom stereocenters. The number of nitrogens with zero attached hydrogens (tertiary/aromatic N) is 1. The molecule has 3 heteroatoms. The molecule has 1 aliphatic carbocycles. The van der Waals surface area contributed by atoms with Gasteiger partial charge in [0.15, 0.2) is 0 Å². The van der Waals surface area contributed by atoms with Crippen LogP contribution in [0.5, 0.6) is 0 Å². The predicted octanol–water partition coefficient (Wildman–Crippen LogP) is 2.54. The number of carbonyl (C=O) groups excluding carboxylic acids is 1. The third kappa shape index (κ3) is 2.52. The highest BCUT2D eigenvalue weighted by molar-refractivity contribution is 5.78. The van der Waals surface area contributed by atoms with Crippen LogP contribution in [-0.4, -0.2) is 22.9 Å². The Kier molecular flexibility index (Phi) is 3.31. The SMILES string of the molecule is Cc1ccc(C2C(N)CCCC(=O)N2C2CC2)cc1. The van der Waals surface area contributed by atoms with E-state index in [1.54, 1.807) is 0 Å². The summed E-state index contributed by atoms with van der Waals surface area (Å²) in [6, 6.07) is 9.06. The zero-order chi connectivity index (χ0) is 13.4. The van der Waals surface area contributed by atoms with E-state index in [4.69, 9.17) is 5.73 Å². The van der Waals surface area contributed by atoms with Gasteiger partial charge in [-0.25, -0.2) is 0 Å². The number of hydrogen-bond acceptors (Lipinski definition) is 2. The fraction of sp³-hybridized carbons (Fsp3) is 0.562. The Morgan fingerprint density at radius 2 is 1.84 bits per heavy atom. The summed E-state index contributed by atoms with van der Waals surface area (Å²) in [6.45, 7) is 2.08. The Hall–Kier alpha value is -1.35. The van der Waals surface area contributed by atoms with Gasteiger partial charge in [0.05, 0.1) is 6.04 Å². The lowest BCUT2D eigenvalue weighted by atomic mass is 9.95. The van der Waals surface area contributed by atoms with Crippen LogP contribution < -0.4 is 5.73 Å². The van der Waals surface area contributed by atoms with E-state index in [2.05, 4.69) is 36.1 Å². The summed E-state index contributed by atoms with van der Waals surface area (Å²) < 4.78 is 0. The number of aryl methyl sites for hydroxylation is 1. The summed E-state index contributed by atoms with van der Waals surface area (Å²) in [5.41, 5.74) is 8.81. The first-order chi connectivity index (χ1) is 9.16. The topological polar surface area (TPSA) is 46.3 Å². The molecule has 0 aromatic heterocycles. The Morgan fingerprint density at radius 3 is 2.47 bits per heavy atom. The maximum Gasteiger partial charge on any atom is 0.223 e. The molecule has 1 saturated carbocycles. The standard InChI is InChI=1S/C16H22N2O/c1-11-5-7-12(8-6-11)16-14(17)3-2-4-15(19)18(16)13-9-10-13/h5-8,13-14,16H,2-4,9-10,17H2,1H3. The summed E-state index contributed by atoms with van der Waals surface area (Å²) in [6.07, 6.45) is 4.80. The van der Waals surface area contributed by atoms with Gasteiger partial charge in [0.1, 0.15) is 0 Å². The van der Waals surface area contributed by atoms with Crippen molar-refractivity contribution in [2.75, 3.05) is 0 Å². The third-order valence-electron chi connectivity index (χ3n) is 4.28. The number of rotatable bonds is 2. The Morgan fingerprint density at radius 1 is 1.16 bits per heavy atom. The summed E-state index contributed by atoms with van der Waals surface area (Å²) in [5, 5.41) is 0. The molecule has 1 amide bonds. The first-order valence-corrected chi connectivity index (χ1v) is 7.30. The second-order valence-corrected chi connectivity index (χ2v) is 5.94. The van der Waals surface area contributed by atoms with Crippen LogP contribution in [0.15, 0.2) is 24.3 Å². The van der Waals surface area contributed by atoms with Crippen LogP contribution in [-0.2, 0) is 4.79 Å². The molecule has 0 bridgehead atoms. The molecule has 1 heterocycles. The van der Waals surface area contributed by atoms with Gasteiger partial charge in [-0.05, 0) is 38.2 Å². The van der Waals surface area contributed by atoms with Crippen molar-refractivity contribution in [2.24, 2.45) is 5.73 Å². The second kappa shape index (κ2) is 4.97. The smallest absolute Gasteiger partial charge is 0.223 e. The molecule has 2 N–H and O–H groups in total. The molecule has 1 aromatic rings. The van der Waals surface area contributed by atoms with Gasteiger partial charge in [0.25, 0.3) is 0 Å². The lowest BCUT2D eigenvalue weighted by molar-refractivity contribution is -0.133. The first kappa shape index (κ1) is 12.7. The van der Waals surface area contributed by atoms with E-state index in [1.807, 2.05) is 0 Å². The minimum atomic E-state index is 0.0646. The number of amides is 1. The van der Waals surface area contributed by atoms with Gasteiger partial charge in [-0.2, -0.15) is 0 Å². The second-order valence-electron chi connectivity index (χ2n) is 5.94. The number of carbonyl (C=O) groups is 1. The van der Waals surface area contributed by atoms with Gasteiger partial charge in [0, 0.05) is 18.5 Å². The van der Waals surface area contributed by atoms with E-state index >= 15 is 0 Å². The number of nitrogens with two attached hydrogens (primary N) is 1. The molecule has 102 valence electrons. The lowest BCUT2D eigenvalue weighted by Crippen LogP contribution is -2.43. The predicted molar refractivity (Wildman–Crippen MR) is 75.6 cm³/mol. The van der Waals surface area contributed by atoms with E-state index in [0.717, 1.165) is 25.7 Å². The molecule has 1 saturated heterocycles. The van der Waals surface area contributed by atoms with Crippen LogP contribution in [0.1, 0.15) is 49.3 Å². The van der Waals surface area contributed by atoms with E-state index in [9.17, 15) is 4.79 Å². The zero-order valence-corrected chi connectivity index (χ0v) is 11.5. The highest BCUT2D eigenvalue weighted by Crippen LogP contribution is 2.39. The van der Waals surface area contributed by atoms with E-state index in [1.165, 1.54) is 11.1 Å². The van der Waals surface area contributed by atoms with Crippen LogP contribution in [0.4, 0.5) is 0 Å². The van der Waals surface area contributed by atoms with Crippen molar-refractivity contribution in [3.05, 3.63) is 35.4 Å². The third-order valence-corrected chi connectivity index (χ3v) is 4.28. The molecule has 2 fully saturated rings. The van der Waals surface area contributed by atoms with Gasteiger partial charge < -0.3 is 10.6 Å². The quantitative estimate of drug-likeness (QED) is 0.886. The number of likely N-dealkylation sites (tertiary alicyclic amines) is 1. The van der Waals surface area contributed by atoms with Crippen molar-refractivity contribution in [1.82, 2.24) is 4.90 Å². The van der Waals surface area contributed by atoms with Crippen LogP contribution in [0, 0.1) is 6.92 Å². The normalized spacial score (nSPS) is 28.3. The minimum Gasteiger partial charge on any atom is -0.331 e. The minimum absolute atomic E-state index is 0.0646. The largest absolute Gasteiger partial charge is 0.331 e. The highest BCUT2D eigenvalue weighted by Gasteiger charge is 2.41. The van der Waals surface area contributed by atoms with Crippen LogP contribution >= 0.6 is 0 Å². The molecule has 1 aromatic carbocycles. The molecule has 0 radical (unpaired) electrons. The molecule has 3 nitrogen and oxygen atoms in total. The number of benzene rings is 1. The van der Waals surface area contributed by atoms with Crippen LogP contribution in [0.3, 0.4) is 0 Å². The average molecular weight is 258 g/mol. The van der Waals surface area contributed by atoms with Crippen molar-refractivity contribution in [1.29, 1.82) is 0 Å². The summed E-state index contributed by atoms with van der Waals surface area (Å²) in [7, 11) is 0. The van der Waals surface area contributed by atoms with E-state index in [0.29, 0.717) is 18.4 Å². The van der Waals surface area contributed by atoms with Gasteiger partial charge in [-0.1, -0.05) is 29.8 Å². The average Bonchev–Trinajstić information content (AvgIpc) is 3.20. The van der Waals surface area contributed by atoms with Crippen LogP contribution in [0.25, 0.3) is 0 Å². The summed E-state index contributed by atoms with van der Waals surface area (Å²) in [5.74, 6) is 0.293. The maximum absolute atomic E-state index is 12.4.